The fourth-order valence-corrected chi connectivity index (χ4v) is 6.98. The zero-order chi connectivity index (χ0) is 22.1. The number of rotatable bonds is 9. The van der Waals surface area contributed by atoms with E-state index < -0.39 is 6.16 Å². The lowest BCUT2D eigenvalue weighted by atomic mass is 9.67. The molecular formula is C28H50O3. The second-order valence-electron chi connectivity index (χ2n) is 11.5. The maximum absolute atomic E-state index is 12.1. The van der Waals surface area contributed by atoms with Crippen molar-refractivity contribution in [2.45, 2.75) is 135 Å². The maximum Gasteiger partial charge on any atom is 0.508 e. The van der Waals surface area contributed by atoms with Crippen molar-refractivity contribution in [3.8, 4) is 0 Å². The van der Waals surface area contributed by atoms with E-state index in [9.17, 15) is 4.79 Å². The lowest BCUT2D eigenvalue weighted by Gasteiger charge is -2.43. The molecule has 0 aromatic heterocycles. The van der Waals surface area contributed by atoms with Crippen LogP contribution in [0.3, 0.4) is 0 Å². The molecule has 3 aliphatic rings. The molecule has 0 N–H and O–H groups in total. The Morgan fingerprint density at radius 2 is 1.39 bits per heavy atom. The minimum Gasteiger partial charge on any atom is -0.438 e. The molecule has 3 heteroatoms. The van der Waals surface area contributed by atoms with Crippen LogP contribution in [0.15, 0.2) is 0 Å². The van der Waals surface area contributed by atoms with Gasteiger partial charge in [-0.15, -0.1) is 0 Å². The molecule has 3 nitrogen and oxygen atoms in total. The monoisotopic (exact) mass is 434 g/mol. The fourth-order valence-electron chi connectivity index (χ4n) is 6.98. The van der Waals surface area contributed by atoms with Crippen LogP contribution in [0.1, 0.15) is 129 Å². The molecule has 0 aliphatic heterocycles. The van der Waals surface area contributed by atoms with Crippen molar-refractivity contribution in [3.05, 3.63) is 0 Å². The average Bonchev–Trinajstić information content (AvgIpc) is 2.80. The smallest absolute Gasteiger partial charge is 0.438 e. The summed E-state index contributed by atoms with van der Waals surface area (Å²) in [4.78, 5) is 12.1. The molecule has 0 spiro atoms. The third-order valence-electron chi connectivity index (χ3n) is 9.33. The van der Waals surface area contributed by atoms with E-state index in [0.717, 1.165) is 48.9 Å². The van der Waals surface area contributed by atoms with E-state index in [-0.39, 0.29) is 5.60 Å². The largest absolute Gasteiger partial charge is 0.508 e. The number of methoxy groups -OCH3 is 1. The predicted molar refractivity (Wildman–Crippen MR) is 128 cm³/mol. The predicted octanol–water partition coefficient (Wildman–Crippen LogP) is 8.69. The zero-order valence-electron chi connectivity index (χ0n) is 20.8. The molecule has 3 rings (SSSR count). The quantitative estimate of drug-likeness (QED) is 0.269. The van der Waals surface area contributed by atoms with Gasteiger partial charge in [-0.3, -0.25) is 0 Å². The molecular weight excluding hydrogens is 384 g/mol. The van der Waals surface area contributed by atoms with Crippen LogP contribution in [0.4, 0.5) is 4.79 Å². The van der Waals surface area contributed by atoms with Crippen molar-refractivity contribution in [3.63, 3.8) is 0 Å². The van der Waals surface area contributed by atoms with Gasteiger partial charge >= 0.3 is 6.16 Å². The van der Waals surface area contributed by atoms with Gasteiger partial charge in [0.1, 0.15) is 5.60 Å². The van der Waals surface area contributed by atoms with E-state index in [4.69, 9.17) is 9.47 Å². The van der Waals surface area contributed by atoms with E-state index in [0.29, 0.717) is 0 Å². The second-order valence-corrected chi connectivity index (χ2v) is 11.5. The molecule has 0 atom stereocenters. The van der Waals surface area contributed by atoms with Crippen LogP contribution < -0.4 is 0 Å². The van der Waals surface area contributed by atoms with Crippen molar-refractivity contribution in [2.75, 3.05) is 7.11 Å². The molecule has 31 heavy (non-hydrogen) atoms. The first kappa shape index (κ1) is 24.9. The molecule has 0 heterocycles. The SMILES string of the molecule is CCCCCC1CCC(CCC2(OC(=O)OC)CCC(C3CCC(C)CC3)CC2)CC1. The van der Waals surface area contributed by atoms with Gasteiger partial charge in [-0.05, 0) is 81.0 Å². The number of hydrogen-bond donors (Lipinski definition) is 0. The first-order valence-corrected chi connectivity index (χ1v) is 13.8. The summed E-state index contributed by atoms with van der Waals surface area (Å²) in [6.07, 6.45) is 23.2. The van der Waals surface area contributed by atoms with E-state index in [2.05, 4.69) is 13.8 Å². The number of carbonyl (C=O) groups excluding carboxylic acids is 1. The normalized spacial score (nSPS) is 36.7. The molecule has 0 unspecified atom stereocenters. The van der Waals surface area contributed by atoms with Gasteiger partial charge in [0.25, 0.3) is 0 Å². The van der Waals surface area contributed by atoms with E-state index >= 15 is 0 Å². The number of hydrogen-bond acceptors (Lipinski definition) is 3. The maximum atomic E-state index is 12.1. The Kier molecular flexibility index (Phi) is 10.0. The van der Waals surface area contributed by atoms with Crippen molar-refractivity contribution in [1.29, 1.82) is 0 Å². The summed E-state index contributed by atoms with van der Waals surface area (Å²) in [5, 5.41) is 0. The van der Waals surface area contributed by atoms with Crippen LogP contribution in [0.2, 0.25) is 0 Å². The summed E-state index contributed by atoms with van der Waals surface area (Å²) in [7, 11) is 1.45. The second kappa shape index (κ2) is 12.5. The Bertz CT molecular complexity index is 506. The number of unbranched alkanes of at least 4 members (excludes halogenated alkanes) is 2. The minimum absolute atomic E-state index is 0.260. The van der Waals surface area contributed by atoms with Crippen LogP contribution >= 0.6 is 0 Å². The molecule has 0 amide bonds. The van der Waals surface area contributed by atoms with Crippen LogP contribution in [-0.4, -0.2) is 18.9 Å². The first-order chi connectivity index (χ1) is 15.0. The van der Waals surface area contributed by atoms with Gasteiger partial charge < -0.3 is 9.47 Å². The molecule has 3 saturated carbocycles. The Labute approximate surface area is 192 Å². The summed E-state index contributed by atoms with van der Waals surface area (Å²) >= 11 is 0. The molecule has 3 fully saturated rings. The lowest BCUT2D eigenvalue weighted by Crippen LogP contribution is -2.41. The Hall–Kier alpha value is -0.730. The van der Waals surface area contributed by atoms with E-state index in [1.807, 2.05) is 0 Å². The standard InChI is InChI=1S/C28H50O3/c1-4-5-6-7-23-10-12-24(13-11-23)16-19-28(31-27(29)30-3)20-17-26(18-21-28)25-14-8-22(2)9-15-25/h22-26H,4-21H2,1-3H3. The number of ether oxygens (including phenoxy) is 2. The first-order valence-electron chi connectivity index (χ1n) is 13.8. The Morgan fingerprint density at radius 1 is 0.806 bits per heavy atom. The molecule has 180 valence electrons. The highest BCUT2D eigenvalue weighted by Gasteiger charge is 2.41. The molecule has 3 aliphatic carbocycles. The summed E-state index contributed by atoms with van der Waals surface area (Å²) in [6.45, 7) is 4.71. The lowest BCUT2D eigenvalue weighted by molar-refractivity contribution is -0.0700. The van der Waals surface area contributed by atoms with E-state index in [1.54, 1.807) is 0 Å². The van der Waals surface area contributed by atoms with Gasteiger partial charge in [-0.2, -0.15) is 0 Å². The van der Waals surface area contributed by atoms with Gasteiger partial charge in [0.15, 0.2) is 0 Å². The van der Waals surface area contributed by atoms with Crippen LogP contribution in [0.5, 0.6) is 0 Å². The highest BCUT2D eigenvalue weighted by Crippen LogP contribution is 2.46. The van der Waals surface area contributed by atoms with Crippen LogP contribution in [0, 0.1) is 29.6 Å². The average molecular weight is 435 g/mol. The topological polar surface area (TPSA) is 35.5 Å². The Balaban J connectivity index is 1.46. The van der Waals surface area contributed by atoms with Gasteiger partial charge in [-0.1, -0.05) is 78.1 Å². The van der Waals surface area contributed by atoms with Crippen molar-refractivity contribution in [2.24, 2.45) is 29.6 Å². The van der Waals surface area contributed by atoms with Crippen molar-refractivity contribution < 1.29 is 14.3 Å². The number of carbonyl (C=O) groups is 1. The van der Waals surface area contributed by atoms with Gasteiger partial charge in [-0.25, -0.2) is 4.79 Å². The highest BCUT2D eigenvalue weighted by molar-refractivity contribution is 5.60. The Morgan fingerprint density at radius 3 is 1.97 bits per heavy atom. The molecule has 0 saturated heterocycles. The van der Waals surface area contributed by atoms with Crippen LogP contribution in [-0.2, 0) is 9.47 Å². The third kappa shape index (κ3) is 7.67. The zero-order valence-corrected chi connectivity index (χ0v) is 20.8. The summed E-state index contributed by atoms with van der Waals surface area (Å²) < 4.78 is 10.9. The molecule has 0 aromatic carbocycles. The van der Waals surface area contributed by atoms with Crippen LogP contribution in [0.25, 0.3) is 0 Å². The minimum atomic E-state index is -0.468. The van der Waals surface area contributed by atoms with Crippen molar-refractivity contribution >= 4 is 6.16 Å². The van der Waals surface area contributed by atoms with Crippen molar-refractivity contribution in [1.82, 2.24) is 0 Å². The third-order valence-corrected chi connectivity index (χ3v) is 9.33. The summed E-state index contributed by atoms with van der Waals surface area (Å²) in [5.74, 6) is 4.48. The summed E-state index contributed by atoms with van der Waals surface area (Å²) in [6, 6.07) is 0. The van der Waals surface area contributed by atoms with Gasteiger partial charge in [0.2, 0.25) is 0 Å². The molecule has 0 radical (unpaired) electrons. The fraction of sp³-hybridized carbons (Fsp3) is 0.964. The molecule has 0 bridgehead atoms. The van der Waals surface area contributed by atoms with Gasteiger partial charge in [0, 0.05) is 0 Å². The molecule has 0 aromatic rings. The van der Waals surface area contributed by atoms with E-state index in [1.165, 1.54) is 103 Å². The van der Waals surface area contributed by atoms with Gasteiger partial charge in [0.05, 0.1) is 7.11 Å². The summed E-state index contributed by atoms with van der Waals surface area (Å²) in [5.41, 5.74) is -0.260. The highest BCUT2D eigenvalue weighted by atomic mass is 16.7.